The minimum atomic E-state index is -0.771. The van der Waals surface area contributed by atoms with Crippen molar-refractivity contribution in [1.82, 2.24) is 14.7 Å². The van der Waals surface area contributed by atoms with Crippen molar-refractivity contribution in [3.8, 4) is 0 Å². The summed E-state index contributed by atoms with van der Waals surface area (Å²) < 4.78 is 0. The van der Waals surface area contributed by atoms with E-state index in [1.165, 1.54) is 38.5 Å². The predicted molar refractivity (Wildman–Crippen MR) is 108 cm³/mol. The summed E-state index contributed by atoms with van der Waals surface area (Å²) in [6.07, 6.45) is 9.10. The molecule has 0 aromatic rings. The first-order valence-corrected chi connectivity index (χ1v) is 10.4. The molecule has 0 atom stereocenters. The van der Waals surface area contributed by atoms with Crippen molar-refractivity contribution in [1.29, 1.82) is 0 Å². The molecule has 3 aliphatic rings. The Labute approximate surface area is 169 Å². The minimum absolute atomic E-state index is 0. The number of hydrogen-bond donors (Lipinski definition) is 1. The fraction of sp³-hybridized carbons (Fsp3) is 0.900. The lowest BCUT2D eigenvalue weighted by Gasteiger charge is -2.39. The Kier molecular flexibility index (Phi) is 8.38. The van der Waals surface area contributed by atoms with E-state index in [9.17, 15) is 9.59 Å². The molecule has 1 aliphatic heterocycles. The van der Waals surface area contributed by atoms with E-state index in [-0.39, 0.29) is 19.0 Å². The van der Waals surface area contributed by atoms with Crippen LogP contribution >= 0.6 is 12.4 Å². The molecule has 7 heteroatoms. The largest absolute Gasteiger partial charge is 0.480 e. The summed E-state index contributed by atoms with van der Waals surface area (Å²) in [7, 11) is 1.89. The van der Waals surface area contributed by atoms with Crippen LogP contribution < -0.4 is 0 Å². The smallest absolute Gasteiger partial charge is 0.317 e. The standard InChI is InChI=1S/C20H35N3O3.ClH/c1-15-3-5-17(6-4-15)23(18-7-8-18)19(24)13-22-11-9-16(10-12-22)21(2)14-20(25)26;/h15-18H,3-14H2,1-2H3,(H,25,26);1H. The van der Waals surface area contributed by atoms with Crippen LogP contribution in [-0.2, 0) is 9.59 Å². The first-order valence-electron chi connectivity index (χ1n) is 10.4. The van der Waals surface area contributed by atoms with Crippen LogP contribution in [0.5, 0.6) is 0 Å². The van der Waals surface area contributed by atoms with E-state index in [1.54, 1.807) is 0 Å². The van der Waals surface area contributed by atoms with Crippen LogP contribution in [0.2, 0.25) is 0 Å². The first kappa shape index (κ1) is 22.4. The number of carboxylic acid groups (broad SMARTS) is 1. The van der Waals surface area contributed by atoms with E-state index < -0.39 is 5.97 Å². The second-order valence-electron chi connectivity index (χ2n) is 8.76. The van der Waals surface area contributed by atoms with Crippen LogP contribution in [0.4, 0.5) is 0 Å². The molecule has 0 radical (unpaired) electrons. The Morgan fingerprint density at radius 3 is 1.93 bits per heavy atom. The topological polar surface area (TPSA) is 64.1 Å². The van der Waals surface area contributed by atoms with Crippen LogP contribution in [-0.4, -0.2) is 83.0 Å². The van der Waals surface area contributed by atoms with E-state index in [1.807, 2.05) is 11.9 Å². The Bertz CT molecular complexity index is 499. The Morgan fingerprint density at radius 1 is 0.926 bits per heavy atom. The van der Waals surface area contributed by atoms with E-state index in [4.69, 9.17) is 5.11 Å². The Balaban J connectivity index is 0.00000261. The van der Waals surface area contributed by atoms with Crippen LogP contribution in [0.3, 0.4) is 0 Å². The Hall–Kier alpha value is -0.850. The summed E-state index contributed by atoms with van der Waals surface area (Å²) in [5, 5.41) is 8.94. The van der Waals surface area contributed by atoms with E-state index in [0.717, 1.165) is 31.8 Å². The van der Waals surface area contributed by atoms with Crippen molar-refractivity contribution in [2.45, 2.75) is 76.4 Å². The number of rotatable bonds is 7. The van der Waals surface area contributed by atoms with Crippen LogP contribution in [0.1, 0.15) is 58.3 Å². The quantitative estimate of drug-likeness (QED) is 0.709. The maximum absolute atomic E-state index is 13.0. The molecule has 0 spiro atoms. The molecule has 6 nitrogen and oxygen atoms in total. The average Bonchev–Trinajstić information content (AvgIpc) is 3.42. The van der Waals surface area contributed by atoms with Gasteiger partial charge in [-0.25, -0.2) is 0 Å². The van der Waals surface area contributed by atoms with Crippen LogP contribution in [0.25, 0.3) is 0 Å². The number of piperidine rings is 1. The zero-order chi connectivity index (χ0) is 18.7. The van der Waals surface area contributed by atoms with Crippen LogP contribution in [0.15, 0.2) is 0 Å². The maximum atomic E-state index is 13.0. The molecule has 2 aliphatic carbocycles. The lowest BCUT2D eigenvalue weighted by atomic mass is 9.86. The molecule has 2 saturated carbocycles. The molecule has 1 N–H and O–H groups in total. The third-order valence-electron chi connectivity index (χ3n) is 6.53. The van der Waals surface area contributed by atoms with Gasteiger partial charge in [0.15, 0.2) is 0 Å². The third-order valence-corrected chi connectivity index (χ3v) is 6.53. The first-order chi connectivity index (χ1) is 12.4. The molecule has 3 rings (SSSR count). The minimum Gasteiger partial charge on any atom is -0.480 e. The number of carboxylic acids is 1. The molecule has 0 bridgehead atoms. The number of aliphatic carboxylic acids is 1. The molecule has 1 saturated heterocycles. The van der Waals surface area contributed by atoms with E-state index in [0.29, 0.717) is 30.6 Å². The summed E-state index contributed by atoms with van der Waals surface area (Å²) in [4.78, 5) is 30.4. The second kappa shape index (κ2) is 10.1. The SMILES string of the molecule is CC1CCC(N(C(=O)CN2CCC(N(C)CC(=O)O)CC2)C2CC2)CC1.Cl. The Morgan fingerprint density at radius 2 is 1.44 bits per heavy atom. The number of hydrogen-bond acceptors (Lipinski definition) is 4. The van der Waals surface area contributed by atoms with Crippen molar-refractivity contribution in [2.75, 3.05) is 33.2 Å². The van der Waals surface area contributed by atoms with Crippen molar-refractivity contribution in [3.63, 3.8) is 0 Å². The van der Waals surface area contributed by atoms with Gasteiger partial charge in [-0.05, 0) is 64.3 Å². The van der Waals surface area contributed by atoms with Crippen LogP contribution in [0, 0.1) is 5.92 Å². The third kappa shape index (κ3) is 6.33. The number of amides is 1. The highest BCUT2D eigenvalue weighted by Crippen LogP contribution is 2.35. The molecular weight excluding hydrogens is 366 g/mol. The summed E-state index contributed by atoms with van der Waals surface area (Å²) in [5.41, 5.74) is 0. The molecule has 0 unspecified atom stereocenters. The number of carbonyl (C=O) groups is 2. The number of carbonyl (C=O) groups excluding carboxylic acids is 1. The molecule has 0 aromatic heterocycles. The highest BCUT2D eigenvalue weighted by atomic mass is 35.5. The predicted octanol–water partition coefficient (Wildman–Crippen LogP) is 2.46. The lowest BCUT2D eigenvalue weighted by molar-refractivity contribution is -0.138. The van der Waals surface area contributed by atoms with E-state index >= 15 is 0 Å². The average molecular weight is 402 g/mol. The molecule has 156 valence electrons. The number of likely N-dealkylation sites (N-methyl/N-ethyl adjacent to an activating group) is 1. The lowest BCUT2D eigenvalue weighted by Crippen LogP contribution is -2.51. The molecule has 27 heavy (non-hydrogen) atoms. The van der Waals surface area contributed by atoms with Gasteiger partial charge in [0.2, 0.25) is 5.91 Å². The fourth-order valence-electron chi connectivity index (χ4n) is 4.71. The zero-order valence-electron chi connectivity index (χ0n) is 16.8. The number of nitrogens with zero attached hydrogens (tertiary/aromatic N) is 3. The summed E-state index contributed by atoms with van der Waals surface area (Å²) in [6.45, 7) is 4.74. The number of halogens is 1. The molecular formula is C20H36ClN3O3. The van der Waals surface area contributed by atoms with Crippen molar-refractivity contribution in [3.05, 3.63) is 0 Å². The monoisotopic (exact) mass is 401 g/mol. The van der Waals surface area contributed by atoms with Gasteiger partial charge in [0.05, 0.1) is 13.1 Å². The second-order valence-corrected chi connectivity index (χ2v) is 8.76. The normalized spacial score (nSPS) is 27.2. The van der Waals surface area contributed by atoms with Crippen molar-refractivity contribution in [2.24, 2.45) is 5.92 Å². The molecule has 1 amide bonds. The fourth-order valence-corrected chi connectivity index (χ4v) is 4.71. The molecule has 1 heterocycles. The van der Waals surface area contributed by atoms with Gasteiger partial charge >= 0.3 is 5.97 Å². The molecule has 3 fully saturated rings. The summed E-state index contributed by atoms with van der Waals surface area (Å²) in [6, 6.07) is 1.28. The van der Waals surface area contributed by atoms with Crippen molar-refractivity contribution < 1.29 is 14.7 Å². The summed E-state index contributed by atoms with van der Waals surface area (Å²) in [5.74, 6) is 0.362. The molecule has 0 aromatic carbocycles. The number of likely N-dealkylation sites (tertiary alicyclic amines) is 1. The van der Waals surface area contributed by atoms with Gasteiger partial charge in [0.25, 0.3) is 0 Å². The zero-order valence-corrected chi connectivity index (χ0v) is 17.6. The highest BCUT2D eigenvalue weighted by Gasteiger charge is 2.39. The van der Waals surface area contributed by atoms with E-state index in [2.05, 4.69) is 16.7 Å². The van der Waals surface area contributed by atoms with Gasteiger partial charge < -0.3 is 10.0 Å². The van der Waals surface area contributed by atoms with Crippen molar-refractivity contribution >= 4 is 24.3 Å². The summed E-state index contributed by atoms with van der Waals surface area (Å²) >= 11 is 0. The maximum Gasteiger partial charge on any atom is 0.317 e. The highest BCUT2D eigenvalue weighted by molar-refractivity contribution is 5.85. The van der Waals surface area contributed by atoms with Gasteiger partial charge in [0, 0.05) is 31.2 Å². The van der Waals surface area contributed by atoms with Gasteiger partial charge in [-0.2, -0.15) is 0 Å². The van der Waals surface area contributed by atoms with Gasteiger partial charge in [-0.1, -0.05) is 6.92 Å². The van der Waals surface area contributed by atoms with Gasteiger partial charge in [-0.15, -0.1) is 12.4 Å². The van der Waals surface area contributed by atoms with Gasteiger partial charge in [0.1, 0.15) is 0 Å². The van der Waals surface area contributed by atoms with Gasteiger partial charge in [-0.3, -0.25) is 19.4 Å².